The molecule has 0 bridgehead atoms. The van der Waals surface area contributed by atoms with Crippen LogP contribution in [0.2, 0.25) is 5.02 Å². The van der Waals surface area contributed by atoms with Crippen molar-refractivity contribution < 1.29 is 12.8 Å². The molecule has 0 spiro atoms. The first kappa shape index (κ1) is 20.5. The van der Waals surface area contributed by atoms with Crippen LogP contribution in [-0.4, -0.2) is 28.2 Å². The second-order valence-electron chi connectivity index (χ2n) is 7.03. The summed E-state index contributed by atoms with van der Waals surface area (Å²) in [6, 6.07) is 19.5. The molecule has 32 heavy (non-hydrogen) atoms. The number of sulfonamides is 1. The third-order valence-electron chi connectivity index (χ3n) is 4.99. The number of rotatable bonds is 5. The lowest BCUT2D eigenvalue weighted by Gasteiger charge is -2.09. The van der Waals surface area contributed by atoms with Gasteiger partial charge in [-0.15, -0.1) is 10.2 Å². The highest BCUT2D eigenvalue weighted by atomic mass is 35.5. The zero-order valence-electron chi connectivity index (χ0n) is 16.4. The van der Waals surface area contributed by atoms with Crippen LogP contribution in [0.5, 0.6) is 0 Å². The van der Waals surface area contributed by atoms with Crippen LogP contribution in [0.3, 0.4) is 0 Å². The fourth-order valence-electron chi connectivity index (χ4n) is 3.41. The molecule has 7 nitrogen and oxygen atoms in total. The first-order valence-electron chi connectivity index (χ1n) is 9.56. The zero-order valence-corrected chi connectivity index (χ0v) is 18.0. The van der Waals surface area contributed by atoms with Crippen molar-refractivity contribution in [3.8, 4) is 11.3 Å². The van der Waals surface area contributed by atoms with Gasteiger partial charge in [-0.25, -0.2) is 17.5 Å². The zero-order chi connectivity index (χ0) is 22.3. The summed E-state index contributed by atoms with van der Waals surface area (Å²) in [5.74, 6) is -0.204. The Kier molecular flexibility index (Phi) is 5.09. The minimum absolute atomic E-state index is 0.0482. The molecule has 0 fully saturated rings. The number of hydrogen-bond donors (Lipinski definition) is 1. The lowest BCUT2D eigenvalue weighted by Crippen LogP contribution is -2.24. The summed E-state index contributed by atoms with van der Waals surface area (Å²) in [7, 11) is -3.87. The maximum Gasteiger partial charge on any atom is 0.240 e. The Morgan fingerprint density at radius 2 is 1.59 bits per heavy atom. The van der Waals surface area contributed by atoms with Gasteiger partial charge in [0.2, 0.25) is 10.0 Å². The van der Waals surface area contributed by atoms with Crippen LogP contribution in [0.4, 0.5) is 4.39 Å². The molecule has 0 radical (unpaired) electrons. The number of hydrogen-bond acceptors (Lipinski definition) is 5. The lowest BCUT2D eigenvalue weighted by atomic mass is 10.1. The number of fused-ring (bicyclic) bond motifs is 3. The van der Waals surface area contributed by atoms with E-state index in [0.29, 0.717) is 22.2 Å². The molecule has 0 saturated heterocycles. The van der Waals surface area contributed by atoms with Gasteiger partial charge in [0, 0.05) is 21.4 Å². The smallest absolute Gasteiger partial charge is 0.207 e. The number of benzene rings is 3. The highest BCUT2D eigenvalue weighted by Gasteiger charge is 2.18. The largest absolute Gasteiger partial charge is 0.240 e. The van der Waals surface area contributed by atoms with Crippen molar-refractivity contribution in [1.29, 1.82) is 0 Å². The predicted molar refractivity (Wildman–Crippen MR) is 119 cm³/mol. The van der Waals surface area contributed by atoms with Gasteiger partial charge in [-0.05, 0) is 36.4 Å². The van der Waals surface area contributed by atoms with E-state index in [1.165, 1.54) is 16.6 Å². The number of nitrogens with one attached hydrogen (secondary N) is 1. The van der Waals surface area contributed by atoms with Crippen molar-refractivity contribution in [2.75, 3.05) is 0 Å². The van der Waals surface area contributed by atoms with Gasteiger partial charge in [0.1, 0.15) is 5.82 Å². The van der Waals surface area contributed by atoms with Crippen LogP contribution >= 0.6 is 11.6 Å². The van der Waals surface area contributed by atoms with Gasteiger partial charge in [-0.3, -0.25) is 0 Å². The summed E-state index contributed by atoms with van der Waals surface area (Å²) < 4.78 is 42.3. The fourth-order valence-corrected chi connectivity index (χ4v) is 4.52. The summed E-state index contributed by atoms with van der Waals surface area (Å²) in [6.07, 6.45) is 0. The van der Waals surface area contributed by atoms with E-state index in [1.807, 2.05) is 36.4 Å². The molecular formula is C22H15ClFN5O2S. The van der Waals surface area contributed by atoms with Crippen LogP contribution in [0.15, 0.2) is 77.7 Å². The number of nitrogens with zero attached hydrogens (tertiary/aromatic N) is 4. The van der Waals surface area contributed by atoms with Gasteiger partial charge in [-0.2, -0.15) is 9.61 Å². The maximum absolute atomic E-state index is 13.1. The molecule has 0 amide bonds. The molecule has 2 heterocycles. The van der Waals surface area contributed by atoms with Gasteiger partial charge in [0.25, 0.3) is 0 Å². The van der Waals surface area contributed by atoms with Gasteiger partial charge >= 0.3 is 0 Å². The maximum atomic E-state index is 13.1. The minimum Gasteiger partial charge on any atom is -0.207 e. The van der Waals surface area contributed by atoms with E-state index in [0.717, 1.165) is 28.5 Å². The molecular weight excluding hydrogens is 453 g/mol. The number of halogens is 2. The molecule has 160 valence electrons. The van der Waals surface area contributed by atoms with Crippen LogP contribution in [-0.2, 0) is 16.6 Å². The molecule has 10 heteroatoms. The second kappa shape index (κ2) is 7.94. The van der Waals surface area contributed by atoms with Crippen molar-refractivity contribution in [2.24, 2.45) is 0 Å². The average molecular weight is 468 g/mol. The van der Waals surface area contributed by atoms with Crippen molar-refractivity contribution in [1.82, 2.24) is 24.5 Å². The Labute approximate surface area is 187 Å². The molecule has 0 saturated carbocycles. The lowest BCUT2D eigenvalue weighted by molar-refractivity contribution is 0.577. The highest BCUT2D eigenvalue weighted by molar-refractivity contribution is 7.89. The highest BCUT2D eigenvalue weighted by Crippen LogP contribution is 2.29. The van der Waals surface area contributed by atoms with Gasteiger partial charge < -0.3 is 0 Å². The third kappa shape index (κ3) is 3.70. The Bertz CT molecular complexity index is 1550. The van der Waals surface area contributed by atoms with Crippen molar-refractivity contribution in [3.05, 3.63) is 89.5 Å². The molecule has 3 aromatic carbocycles. The van der Waals surface area contributed by atoms with E-state index in [1.54, 1.807) is 12.1 Å². The molecule has 0 atom stereocenters. The molecule has 1 N–H and O–H groups in total. The molecule has 0 unspecified atom stereocenters. The summed E-state index contributed by atoms with van der Waals surface area (Å²) in [5, 5.41) is 15.4. The first-order valence-corrected chi connectivity index (χ1v) is 11.4. The van der Waals surface area contributed by atoms with E-state index in [2.05, 4.69) is 14.9 Å². The van der Waals surface area contributed by atoms with Gasteiger partial charge in [-0.1, -0.05) is 48.0 Å². The molecule has 0 aliphatic heterocycles. The van der Waals surface area contributed by atoms with Crippen molar-refractivity contribution in [3.63, 3.8) is 0 Å². The van der Waals surface area contributed by atoms with Crippen molar-refractivity contribution >= 4 is 38.0 Å². The molecule has 5 aromatic rings. The minimum atomic E-state index is -3.87. The topological polar surface area (TPSA) is 89.2 Å². The standard InChI is InChI=1S/C22H15ClFN5O2S/c23-15-7-5-14(6-8-15)21-18-3-1-2-4-19(18)22-27-26-20(29(22)28-21)13-25-32(30,31)17-11-9-16(24)10-12-17/h1-12,25H,13H2. The fraction of sp³-hybridized carbons (Fsp3) is 0.0455. The van der Waals surface area contributed by atoms with Gasteiger partial charge in [0.15, 0.2) is 11.5 Å². The van der Waals surface area contributed by atoms with Gasteiger partial charge in [0.05, 0.1) is 17.1 Å². The Balaban J connectivity index is 1.58. The predicted octanol–water partition coefficient (Wildman–Crippen LogP) is 4.22. The van der Waals surface area contributed by atoms with Crippen molar-refractivity contribution in [2.45, 2.75) is 11.4 Å². The number of aromatic nitrogens is 4. The third-order valence-corrected chi connectivity index (χ3v) is 6.66. The Hall–Kier alpha value is -3.40. The summed E-state index contributed by atoms with van der Waals surface area (Å²) in [6.45, 7) is -0.147. The van der Waals surface area contributed by atoms with Crippen LogP contribution in [0, 0.1) is 5.82 Å². The Morgan fingerprint density at radius 3 is 2.31 bits per heavy atom. The summed E-state index contributed by atoms with van der Waals surface area (Å²) >= 11 is 6.03. The van der Waals surface area contributed by atoms with Crippen LogP contribution in [0.1, 0.15) is 5.82 Å². The SMILES string of the molecule is O=S(=O)(NCc1nnc2c3ccccc3c(-c3ccc(Cl)cc3)nn12)c1ccc(F)cc1. The first-order chi connectivity index (χ1) is 15.4. The molecule has 0 aliphatic rings. The average Bonchev–Trinajstić information content (AvgIpc) is 3.21. The van der Waals surface area contributed by atoms with E-state index in [4.69, 9.17) is 16.7 Å². The van der Waals surface area contributed by atoms with Crippen LogP contribution in [0.25, 0.3) is 27.7 Å². The van der Waals surface area contributed by atoms with E-state index in [-0.39, 0.29) is 11.4 Å². The van der Waals surface area contributed by atoms with E-state index in [9.17, 15) is 12.8 Å². The second-order valence-corrected chi connectivity index (χ2v) is 9.23. The summed E-state index contributed by atoms with van der Waals surface area (Å²) in [5.41, 5.74) is 2.04. The monoisotopic (exact) mass is 467 g/mol. The normalized spacial score (nSPS) is 11.9. The molecule has 0 aliphatic carbocycles. The van der Waals surface area contributed by atoms with E-state index < -0.39 is 15.8 Å². The molecule has 2 aromatic heterocycles. The summed E-state index contributed by atoms with van der Waals surface area (Å²) in [4.78, 5) is -0.0482. The molecule has 5 rings (SSSR count). The Morgan fingerprint density at radius 1 is 0.906 bits per heavy atom. The van der Waals surface area contributed by atoms with E-state index >= 15 is 0 Å². The quantitative estimate of drug-likeness (QED) is 0.418. The van der Waals surface area contributed by atoms with Crippen LogP contribution < -0.4 is 4.72 Å².